The van der Waals surface area contributed by atoms with Crippen LogP contribution in [-0.2, 0) is 6.54 Å². The first-order chi connectivity index (χ1) is 15.0. The maximum absolute atomic E-state index is 9.17. The van der Waals surface area contributed by atoms with Crippen molar-refractivity contribution in [2.75, 3.05) is 17.2 Å². The second-order valence-corrected chi connectivity index (χ2v) is 8.58. The van der Waals surface area contributed by atoms with Crippen molar-refractivity contribution in [2.24, 2.45) is 5.73 Å². The van der Waals surface area contributed by atoms with E-state index in [9.17, 15) is 5.11 Å². The summed E-state index contributed by atoms with van der Waals surface area (Å²) in [6.45, 7) is 0.454. The van der Waals surface area contributed by atoms with Gasteiger partial charge >= 0.3 is 0 Å². The van der Waals surface area contributed by atoms with Crippen LogP contribution in [0.15, 0.2) is 36.8 Å². The van der Waals surface area contributed by atoms with Gasteiger partial charge in [-0.3, -0.25) is 4.68 Å². The molecule has 8 nitrogen and oxygen atoms in total. The van der Waals surface area contributed by atoms with Crippen LogP contribution in [0.4, 0.5) is 17.5 Å². The van der Waals surface area contributed by atoms with Gasteiger partial charge < -0.3 is 21.5 Å². The Balaban J connectivity index is 1.63. The predicted octanol–water partition coefficient (Wildman–Crippen LogP) is 4.06. The summed E-state index contributed by atoms with van der Waals surface area (Å²) in [6.07, 6.45) is 9.33. The van der Waals surface area contributed by atoms with E-state index >= 15 is 0 Å². The van der Waals surface area contributed by atoms with Crippen molar-refractivity contribution in [3.63, 3.8) is 0 Å². The summed E-state index contributed by atoms with van der Waals surface area (Å²) >= 11 is 12.2. The first-order valence-corrected chi connectivity index (χ1v) is 11.0. The van der Waals surface area contributed by atoms with Crippen LogP contribution in [0.5, 0.6) is 0 Å². The van der Waals surface area contributed by atoms with Gasteiger partial charge in [-0.05, 0) is 43.9 Å². The molecule has 10 heteroatoms. The van der Waals surface area contributed by atoms with Crippen LogP contribution in [0.1, 0.15) is 25.7 Å². The molecule has 0 aliphatic heterocycles. The zero-order valence-electron chi connectivity index (χ0n) is 16.9. The molecule has 4 rings (SSSR count). The van der Waals surface area contributed by atoms with E-state index in [4.69, 9.17) is 33.9 Å². The van der Waals surface area contributed by atoms with E-state index < -0.39 is 0 Å². The third-order valence-electron chi connectivity index (χ3n) is 5.29. The molecule has 2 aromatic heterocycles. The molecule has 0 radical (unpaired) electrons. The molecule has 1 fully saturated rings. The fraction of sp³-hybridized carbons (Fsp3) is 0.381. The van der Waals surface area contributed by atoms with Gasteiger partial charge in [-0.1, -0.05) is 23.2 Å². The summed E-state index contributed by atoms with van der Waals surface area (Å²) in [6, 6.07) is 5.75. The standard InChI is InChI=1S/C21H25Cl2N7O/c22-14-7-15(23)9-18(8-14)28-21-25-11-19(13-10-26-30(12-13)5-6-31)20(29-21)27-17-3-1-16(24)2-4-17/h7-12,16-17,31H,1-6,24H2,(H2,25,27,28,29)/t16-,17+. The molecule has 0 amide bonds. The van der Waals surface area contributed by atoms with Crippen LogP contribution >= 0.6 is 23.2 Å². The Labute approximate surface area is 190 Å². The van der Waals surface area contributed by atoms with Crippen molar-refractivity contribution in [2.45, 2.75) is 44.3 Å². The van der Waals surface area contributed by atoms with E-state index in [2.05, 4.69) is 20.7 Å². The molecule has 164 valence electrons. The van der Waals surface area contributed by atoms with E-state index in [1.165, 1.54) is 0 Å². The number of halogens is 2. The highest BCUT2D eigenvalue weighted by Crippen LogP contribution is 2.31. The zero-order chi connectivity index (χ0) is 21.8. The van der Waals surface area contributed by atoms with Gasteiger partial charge in [0, 0.05) is 51.3 Å². The van der Waals surface area contributed by atoms with Gasteiger partial charge in [0.05, 0.1) is 19.3 Å². The molecule has 0 spiro atoms. The number of anilines is 3. The number of nitrogens with two attached hydrogens (primary N) is 1. The zero-order valence-corrected chi connectivity index (χ0v) is 18.4. The topological polar surface area (TPSA) is 114 Å². The summed E-state index contributed by atoms with van der Waals surface area (Å²) in [5.74, 6) is 1.15. The van der Waals surface area contributed by atoms with Crippen LogP contribution in [-0.4, -0.2) is 43.5 Å². The number of rotatable bonds is 7. The van der Waals surface area contributed by atoms with Gasteiger partial charge in [-0.25, -0.2) is 4.98 Å². The van der Waals surface area contributed by atoms with Crippen molar-refractivity contribution in [3.05, 3.63) is 46.8 Å². The Hall–Kier alpha value is -2.39. The van der Waals surface area contributed by atoms with E-state index in [0.29, 0.717) is 28.2 Å². The lowest BCUT2D eigenvalue weighted by Crippen LogP contribution is -2.33. The number of aliphatic hydroxyl groups is 1. The highest BCUT2D eigenvalue weighted by atomic mass is 35.5. The number of hydrogen-bond acceptors (Lipinski definition) is 7. The van der Waals surface area contributed by atoms with Crippen LogP contribution < -0.4 is 16.4 Å². The number of aliphatic hydroxyl groups excluding tert-OH is 1. The molecule has 1 saturated carbocycles. The van der Waals surface area contributed by atoms with E-state index in [1.807, 2.05) is 6.20 Å². The van der Waals surface area contributed by atoms with E-state index in [0.717, 1.165) is 42.6 Å². The van der Waals surface area contributed by atoms with Gasteiger partial charge in [-0.15, -0.1) is 0 Å². The highest BCUT2D eigenvalue weighted by Gasteiger charge is 2.21. The Morgan fingerprint density at radius 1 is 1.10 bits per heavy atom. The van der Waals surface area contributed by atoms with Gasteiger partial charge in [-0.2, -0.15) is 10.1 Å². The number of nitrogens with one attached hydrogen (secondary N) is 2. The first-order valence-electron chi connectivity index (χ1n) is 10.3. The molecule has 1 aliphatic carbocycles. The molecule has 1 aromatic carbocycles. The Kier molecular flexibility index (Phi) is 6.92. The van der Waals surface area contributed by atoms with Crippen LogP contribution in [0.2, 0.25) is 10.0 Å². The predicted molar refractivity (Wildman–Crippen MR) is 124 cm³/mol. The second kappa shape index (κ2) is 9.82. The fourth-order valence-corrected chi connectivity index (χ4v) is 4.23. The van der Waals surface area contributed by atoms with E-state index in [1.54, 1.807) is 35.3 Å². The number of hydrogen-bond donors (Lipinski definition) is 4. The molecule has 3 aromatic rings. The van der Waals surface area contributed by atoms with E-state index in [-0.39, 0.29) is 18.7 Å². The fourth-order valence-electron chi connectivity index (χ4n) is 3.70. The van der Waals surface area contributed by atoms with Crippen molar-refractivity contribution >= 4 is 40.7 Å². The average Bonchev–Trinajstić information content (AvgIpc) is 3.18. The Bertz CT molecular complexity index is 1010. The first kappa shape index (κ1) is 21.8. The minimum absolute atomic E-state index is 0.0239. The minimum atomic E-state index is 0.0239. The smallest absolute Gasteiger partial charge is 0.229 e. The third-order valence-corrected chi connectivity index (χ3v) is 5.73. The molecule has 0 unspecified atom stereocenters. The number of aromatic nitrogens is 4. The van der Waals surface area contributed by atoms with Crippen LogP contribution in [0.3, 0.4) is 0 Å². The molecule has 0 atom stereocenters. The molecule has 31 heavy (non-hydrogen) atoms. The lowest BCUT2D eigenvalue weighted by atomic mass is 9.91. The molecule has 2 heterocycles. The molecular weight excluding hydrogens is 437 g/mol. The van der Waals surface area contributed by atoms with Gasteiger partial charge in [0.1, 0.15) is 5.82 Å². The SMILES string of the molecule is N[C@H]1CC[C@@H](Nc2nc(Nc3cc(Cl)cc(Cl)c3)ncc2-c2cnn(CCO)c2)CC1. The summed E-state index contributed by atoms with van der Waals surface area (Å²) in [5, 5.41) is 21.3. The average molecular weight is 462 g/mol. The Morgan fingerprint density at radius 2 is 1.84 bits per heavy atom. The largest absolute Gasteiger partial charge is 0.394 e. The highest BCUT2D eigenvalue weighted by molar-refractivity contribution is 6.35. The Morgan fingerprint density at radius 3 is 2.55 bits per heavy atom. The molecule has 0 saturated heterocycles. The number of nitrogens with zero attached hydrogens (tertiary/aromatic N) is 4. The third kappa shape index (κ3) is 5.65. The second-order valence-electron chi connectivity index (χ2n) is 7.71. The minimum Gasteiger partial charge on any atom is -0.394 e. The summed E-state index contributed by atoms with van der Waals surface area (Å²) in [4.78, 5) is 9.21. The van der Waals surface area contributed by atoms with Crippen molar-refractivity contribution < 1.29 is 5.11 Å². The molecule has 0 bridgehead atoms. The van der Waals surface area contributed by atoms with Crippen molar-refractivity contribution in [1.29, 1.82) is 0 Å². The molecule has 5 N–H and O–H groups in total. The molecule has 1 aliphatic rings. The lowest BCUT2D eigenvalue weighted by molar-refractivity contribution is 0.269. The lowest BCUT2D eigenvalue weighted by Gasteiger charge is -2.28. The van der Waals surface area contributed by atoms with Gasteiger partial charge in [0.25, 0.3) is 0 Å². The molecular formula is C21H25Cl2N7O. The normalized spacial score (nSPS) is 18.7. The maximum atomic E-state index is 9.17. The van der Waals surface area contributed by atoms with Gasteiger partial charge in [0.2, 0.25) is 5.95 Å². The quantitative estimate of drug-likeness (QED) is 0.419. The summed E-state index contributed by atoms with van der Waals surface area (Å²) in [7, 11) is 0. The maximum Gasteiger partial charge on any atom is 0.229 e. The van der Waals surface area contributed by atoms with Crippen molar-refractivity contribution in [1.82, 2.24) is 19.7 Å². The summed E-state index contributed by atoms with van der Waals surface area (Å²) in [5.41, 5.74) is 8.48. The van der Waals surface area contributed by atoms with Crippen molar-refractivity contribution in [3.8, 4) is 11.1 Å². The monoisotopic (exact) mass is 461 g/mol. The van der Waals surface area contributed by atoms with Crippen LogP contribution in [0.25, 0.3) is 11.1 Å². The number of benzene rings is 1. The van der Waals surface area contributed by atoms with Gasteiger partial charge in [0.15, 0.2) is 0 Å². The van der Waals surface area contributed by atoms with Crippen LogP contribution in [0, 0.1) is 0 Å². The summed E-state index contributed by atoms with van der Waals surface area (Å²) < 4.78 is 1.69.